The number of aromatic nitrogens is 3. The second-order valence-electron chi connectivity index (χ2n) is 5.08. The Labute approximate surface area is 125 Å². The predicted molar refractivity (Wildman–Crippen MR) is 82.0 cm³/mol. The van der Waals surface area contributed by atoms with Gasteiger partial charge in [-0.25, -0.2) is 15.0 Å². The maximum Gasteiger partial charge on any atom is 0.285 e. The minimum absolute atomic E-state index is 0.241. The van der Waals surface area contributed by atoms with E-state index in [1.807, 2.05) is 18.3 Å². The quantitative estimate of drug-likeness (QED) is 0.564. The minimum Gasteiger partial charge on any atom is -0.508 e. The Morgan fingerprint density at radius 1 is 1.09 bits per heavy atom. The molecule has 0 aliphatic rings. The number of aromatic hydroxyl groups is 1. The van der Waals surface area contributed by atoms with Crippen LogP contribution in [0.1, 0.15) is 5.69 Å². The summed E-state index contributed by atoms with van der Waals surface area (Å²) in [6.45, 7) is 0. The van der Waals surface area contributed by atoms with Crippen molar-refractivity contribution in [3.63, 3.8) is 0 Å². The standard InChI is InChI=1S/C17H10N4O/c18-7-12-6-14-15-5-11(10-1-3-13(22)4-2-10)8-20-17(15)21-16(14)9-19-12/h1-6,8-9,22H,(H,20,21)/p+1. The molecule has 5 heteroatoms. The van der Waals surface area contributed by atoms with Crippen LogP contribution in [0.25, 0.3) is 33.1 Å². The topological polar surface area (TPSA) is 86.8 Å². The lowest BCUT2D eigenvalue weighted by Crippen LogP contribution is -2.02. The van der Waals surface area contributed by atoms with E-state index in [9.17, 15) is 5.11 Å². The summed E-state index contributed by atoms with van der Waals surface area (Å²) in [4.78, 5) is 10.6. The van der Waals surface area contributed by atoms with E-state index in [4.69, 9.17) is 5.26 Å². The molecule has 0 radical (unpaired) electrons. The summed E-state index contributed by atoms with van der Waals surface area (Å²) in [6, 6.07) is 12.9. The Balaban J connectivity index is 1.97. The molecule has 0 atom stereocenters. The van der Waals surface area contributed by atoms with Gasteiger partial charge in [0.15, 0.2) is 5.52 Å². The molecule has 3 aromatic heterocycles. The van der Waals surface area contributed by atoms with Crippen molar-refractivity contribution in [3.8, 4) is 22.9 Å². The van der Waals surface area contributed by atoms with Crippen LogP contribution in [0.4, 0.5) is 0 Å². The van der Waals surface area contributed by atoms with Crippen LogP contribution in [-0.2, 0) is 0 Å². The van der Waals surface area contributed by atoms with E-state index in [0.29, 0.717) is 5.69 Å². The van der Waals surface area contributed by atoms with Crippen LogP contribution in [0.3, 0.4) is 0 Å². The maximum absolute atomic E-state index is 9.39. The monoisotopic (exact) mass is 287 g/mol. The Hall–Kier alpha value is -3.39. The number of H-pyrrole nitrogens is 2. The van der Waals surface area contributed by atoms with E-state index in [1.54, 1.807) is 24.4 Å². The molecule has 0 saturated heterocycles. The molecule has 0 amide bonds. The molecule has 0 bridgehead atoms. The fourth-order valence-electron chi connectivity index (χ4n) is 2.61. The molecule has 0 saturated carbocycles. The first-order valence-corrected chi connectivity index (χ1v) is 6.77. The van der Waals surface area contributed by atoms with Crippen molar-refractivity contribution in [2.75, 3.05) is 0 Å². The van der Waals surface area contributed by atoms with Crippen LogP contribution in [-0.4, -0.2) is 15.1 Å². The highest BCUT2D eigenvalue weighted by Crippen LogP contribution is 2.27. The van der Waals surface area contributed by atoms with Gasteiger partial charge in [0.05, 0.1) is 17.8 Å². The molecule has 0 aliphatic carbocycles. The molecule has 3 heterocycles. The van der Waals surface area contributed by atoms with Gasteiger partial charge in [-0.05, 0) is 29.8 Å². The number of benzene rings is 1. The van der Waals surface area contributed by atoms with Crippen molar-refractivity contribution in [3.05, 3.63) is 54.5 Å². The first kappa shape index (κ1) is 12.4. The van der Waals surface area contributed by atoms with Crippen molar-refractivity contribution in [2.45, 2.75) is 0 Å². The van der Waals surface area contributed by atoms with Gasteiger partial charge in [0.2, 0.25) is 0 Å². The van der Waals surface area contributed by atoms with Crippen LogP contribution in [0.5, 0.6) is 5.75 Å². The summed E-state index contributed by atoms with van der Waals surface area (Å²) < 4.78 is 0. The normalized spacial score (nSPS) is 10.9. The Morgan fingerprint density at radius 2 is 1.91 bits per heavy atom. The number of nitriles is 1. The molecule has 1 aromatic carbocycles. The summed E-state index contributed by atoms with van der Waals surface area (Å²) in [6.07, 6.45) is 3.57. The molecular formula is C17H11N4O+. The summed E-state index contributed by atoms with van der Waals surface area (Å²) in [5, 5.41) is 20.4. The summed E-state index contributed by atoms with van der Waals surface area (Å²) in [5.74, 6) is 0.241. The third-order valence-electron chi connectivity index (χ3n) is 3.71. The average Bonchev–Trinajstić information content (AvgIpc) is 2.92. The lowest BCUT2D eigenvalue weighted by molar-refractivity contribution is -0.346. The van der Waals surface area contributed by atoms with Gasteiger partial charge in [-0.1, -0.05) is 12.1 Å². The number of hydrogen-bond acceptors (Lipinski definition) is 3. The maximum atomic E-state index is 9.39. The van der Waals surface area contributed by atoms with E-state index in [1.165, 1.54) is 0 Å². The Morgan fingerprint density at radius 3 is 2.68 bits per heavy atom. The second kappa shape index (κ2) is 4.57. The van der Waals surface area contributed by atoms with E-state index in [0.717, 1.165) is 33.1 Å². The minimum atomic E-state index is 0.241. The van der Waals surface area contributed by atoms with Crippen LogP contribution >= 0.6 is 0 Å². The van der Waals surface area contributed by atoms with Gasteiger partial charge in [-0.2, -0.15) is 5.26 Å². The van der Waals surface area contributed by atoms with Crippen LogP contribution in [0, 0.1) is 11.3 Å². The molecule has 22 heavy (non-hydrogen) atoms. The molecule has 104 valence electrons. The van der Waals surface area contributed by atoms with Gasteiger partial charge in [-0.15, -0.1) is 0 Å². The molecule has 0 fully saturated rings. The zero-order chi connectivity index (χ0) is 15.1. The van der Waals surface area contributed by atoms with Crippen molar-refractivity contribution in [2.24, 2.45) is 0 Å². The lowest BCUT2D eigenvalue weighted by Gasteiger charge is -2.00. The molecule has 0 unspecified atom stereocenters. The van der Waals surface area contributed by atoms with Crippen molar-refractivity contribution in [1.29, 1.82) is 5.26 Å². The van der Waals surface area contributed by atoms with E-state index in [-0.39, 0.29) is 5.75 Å². The molecular weight excluding hydrogens is 276 g/mol. The fraction of sp³-hybridized carbons (Fsp3) is 0. The number of nitrogens with zero attached hydrogens (tertiary/aromatic N) is 2. The Kier molecular flexibility index (Phi) is 2.57. The number of phenols is 1. The number of aromatic amines is 2. The highest BCUT2D eigenvalue weighted by Gasteiger charge is 2.13. The zero-order valence-electron chi connectivity index (χ0n) is 11.5. The first-order valence-electron chi connectivity index (χ1n) is 6.77. The largest absolute Gasteiger partial charge is 0.508 e. The fourth-order valence-corrected chi connectivity index (χ4v) is 2.61. The third kappa shape index (κ3) is 1.86. The third-order valence-corrected chi connectivity index (χ3v) is 3.71. The van der Waals surface area contributed by atoms with E-state index in [2.05, 4.69) is 27.1 Å². The average molecular weight is 287 g/mol. The number of nitrogens with one attached hydrogen (secondary N) is 2. The van der Waals surface area contributed by atoms with Crippen molar-refractivity contribution < 1.29 is 10.1 Å². The lowest BCUT2D eigenvalue weighted by atomic mass is 10.1. The highest BCUT2D eigenvalue weighted by molar-refractivity contribution is 6.05. The van der Waals surface area contributed by atoms with E-state index < -0.39 is 0 Å². The summed E-state index contributed by atoms with van der Waals surface area (Å²) in [7, 11) is 0. The van der Waals surface area contributed by atoms with Gasteiger partial charge in [0.1, 0.15) is 17.5 Å². The first-order chi connectivity index (χ1) is 10.7. The summed E-state index contributed by atoms with van der Waals surface area (Å²) >= 11 is 0. The van der Waals surface area contributed by atoms with Crippen LogP contribution in [0.15, 0.2) is 48.8 Å². The number of pyridine rings is 2. The number of rotatable bonds is 1. The van der Waals surface area contributed by atoms with Crippen molar-refractivity contribution in [1.82, 2.24) is 9.97 Å². The number of fused-ring (bicyclic) bond motifs is 3. The molecule has 5 nitrogen and oxygen atoms in total. The number of phenolic OH excluding ortho intramolecular Hbond substituents is 1. The van der Waals surface area contributed by atoms with Gasteiger partial charge in [-0.3, -0.25) is 0 Å². The molecule has 0 aliphatic heterocycles. The highest BCUT2D eigenvalue weighted by atomic mass is 16.3. The number of hydrogen-bond donors (Lipinski definition) is 2. The Bertz CT molecular complexity index is 1040. The zero-order valence-corrected chi connectivity index (χ0v) is 11.5. The molecule has 4 rings (SSSR count). The predicted octanol–water partition coefficient (Wildman–Crippen LogP) is 2.77. The molecule has 0 spiro atoms. The van der Waals surface area contributed by atoms with Crippen LogP contribution in [0.2, 0.25) is 0 Å². The van der Waals surface area contributed by atoms with Gasteiger partial charge < -0.3 is 5.11 Å². The molecule has 3 N–H and O–H groups in total. The van der Waals surface area contributed by atoms with Crippen molar-refractivity contribution >= 4 is 21.9 Å². The summed E-state index contributed by atoms with van der Waals surface area (Å²) in [5.41, 5.74) is 4.16. The van der Waals surface area contributed by atoms with Gasteiger partial charge >= 0.3 is 0 Å². The SMILES string of the molecule is N#Cc1cc2c(cn1)[nH]c1[nH+]cc(-c3ccc(O)cc3)cc12. The van der Waals surface area contributed by atoms with Gasteiger partial charge in [0, 0.05) is 10.9 Å². The molecule has 4 aromatic rings. The van der Waals surface area contributed by atoms with Gasteiger partial charge in [0.25, 0.3) is 5.65 Å². The smallest absolute Gasteiger partial charge is 0.285 e. The van der Waals surface area contributed by atoms with E-state index >= 15 is 0 Å². The second-order valence-corrected chi connectivity index (χ2v) is 5.08. The van der Waals surface area contributed by atoms with Crippen LogP contribution < -0.4 is 4.98 Å².